The average Bonchev–Trinajstić information content (AvgIpc) is 3.44. The van der Waals surface area contributed by atoms with E-state index in [0.717, 1.165) is 34.3 Å². The Bertz CT molecular complexity index is 1160. The second-order valence-corrected chi connectivity index (χ2v) is 11.0. The number of rotatable bonds is 6. The average molecular weight is 438 g/mol. The van der Waals surface area contributed by atoms with Gasteiger partial charge in [0, 0.05) is 23.2 Å². The van der Waals surface area contributed by atoms with Crippen LogP contribution in [0.2, 0.25) is 0 Å². The van der Waals surface area contributed by atoms with Crippen molar-refractivity contribution in [2.45, 2.75) is 53.8 Å². The third kappa shape index (κ3) is 3.65. The van der Waals surface area contributed by atoms with Crippen molar-refractivity contribution >= 4 is 51.8 Å². The number of thioether (sulfide) groups is 2. The summed E-state index contributed by atoms with van der Waals surface area (Å²) >= 11 is 2.95. The number of carboxylic acids is 1. The standard InChI is InChI=1S/C23H23N3O2S2/c1-23(2,21(27)28)30-22-25-18-11-12-29-19(18)20(26-22)24-17-10-9-14(13-7-8-13)15-5-3-4-6-16(15)17/h3-6,9-10,13H,7-8,11-12H2,1-2H3,(H,27,28)(H,24,25,26). The molecule has 2 aromatic carbocycles. The summed E-state index contributed by atoms with van der Waals surface area (Å²) in [4.78, 5) is 22.0. The number of hydrogen-bond acceptors (Lipinski definition) is 6. The van der Waals surface area contributed by atoms with E-state index in [9.17, 15) is 9.90 Å². The van der Waals surface area contributed by atoms with Crippen LogP contribution < -0.4 is 5.32 Å². The van der Waals surface area contributed by atoms with E-state index < -0.39 is 10.7 Å². The fourth-order valence-corrected chi connectivity index (χ4v) is 5.64. The Labute approximate surface area is 184 Å². The van der Waals surface area contributed by atoms with Crippen molar-refractivity contribution in [3.8, 4) is 0 Å². The van der Waals surface area contributed by atoms with Gasteiger partial charge in [0.25, 0.3) is 0 Å². The minimum atomic E-state index is -0.990. The molecule has 0 unspecified atom stereocenters. The zero-order chi connectivity index (χ0) is 20.9. The van der Waals surface area contributed by atoms with Crippen LogP contribution in [0.1, 0.15) is 43.9 Å². The lowest BCUT2D eigenvalue weighted by Crippen LogP contribution is -2.27. The van der Waals surface area contributed by atoms with Crippen molar-refractivity contribution in [1.82, 2.24) is 9.97 Å². The summed E-state index contributed by atoms with van der Waals surface area (Å²) < 4.78 is -0.990. The highest BCUT2D eigenvalue weighted by atomic mass is 32.2. The number of fused-ring (bicyclic) bond motifs is 2. The van der Waals surface area contributed by atoms with Gasteiger partial charge in [-0.1, -0.05) is 42.1 Å². The van der Waals surface area contributed by atoms with Gasteiger partial charge in [0.1, 0.15) is 10.6 Å². The molecule has 30 heavy (non-hydrogen) atoms. The lowest BCUT2D eigenvalue weighted by atomic mass is 9.99. The first-order valence-corrected chi connectivity index (χ1v) is 12.0. The van der Waals surface area contributed by atoms with Crippen LogP contribution in [-0.2, 0) is 11.2 Å². The first-order valence-electron chi connectivity index (χ1n) is 10.2. The fraction of sp³-hybridized carbons (Fsp3) is 0.348. The molecule has 0 radical (unpaired) electrons. The maximum absolute atomic E-state index is 11.6. The van der Waals surface area contributed by atoms with Crippen molar-refractivity contribution in [3.63, 3.8) is 0 Å². The molecule has 0 amide bonds. The molecule has 0 bridgehead atoms. The van der Waals surface area contributed by atoms with Crippen LogP contribution in [0, 0.1) is 0 Å². The summed E-state index contributed by atoms with van der Waals surface area (Å²) in [5, 5.41) is 16.0. The van der Waals surface area contributed by atoms with E-state index in [1.807, 2.05) is 0 Å². The molecule has 0 saturated heterocycles. The van der Waals surface area contributed by atoms with Gasteiger partial charge in [-0.2, -0.15) is 0 Å². The summed E-state index contributed by atoms with van der Waals surface area (Å²) in [6, 6.07) is 12.9. The molecule has 1 fully saturated rings. The number of anilines is 2. The van der Waals surface area contributed by atoms with Crippen molar-refractivity contribution in [2.75, 3.05) is 11.1 Å². The highest BCUT2D eigenvalue weighted by molar-refractivity contribution is 8.01. The van der Waals surface area contributed by atoms with E-state index in [1.54, 1.807) is 25.6 Å². The van der Waals surface area contributed by atoms with Crippen LogP contribution in [0.3, 0.4) is 0 Å². The van der Waals surface area contributed by atoms with Crippen molar-refractivity contribution in [3.05, 3.63) is 47.7 Å². The monoisotopic (exact) mass is 437 g/mol. The molecular formula is C23H23N3O2S2. The number of carboxylic acid groups (broad SMARTS) is 1. The normalized spacial score (nSPS) is 15.9. The smallest absolute Gasteiger partial charge is 0.319 e. The van der Waals surface area contributed by atoms with Crippen molar-refractivity contribution in [1.29, 1.82) is 0 Å². The lowest BCUT2D eigenvalue weighted by molar-refractivity contribution is -0.138. The van der Waals surface area contributed by atoms with Gasteiger partial charge < -0.3 is 10.4 Å². The molecular weight excluding hydrogens is 414 g/mol. The van der Waals surface area contributed by atoms with Crippen LogP contribution in [0.4, 0.5) is 11.5 Å². The molecule has 1 aliphatic carbocycles. The Morgan fingerprint density at radius 3 is 2.67 bits per heavy atom. The van der Waals surface area contributed by atoms with Crippen LogP contribution in [0.15, 0.2) is 46.5 Å². The molecule has 1 saturated carbocycles. The summed E-state index contributed by atoms with van der Waals surface area (Å²) in [5.41, 5.74) is 3.45. The predicted molar refractivity (Wildman–Crippen MR) is 123 cm³/mol. The number of aryl methyl sites for hydroxylation is 1. The SMILES string of the molecule is CC(C)(Sc1nc2c(c(Nc3ccc(C4CC4)c4ccccc34)n1)SCC2)C(=O)O. The summed E-state index contributed by atoms with van der Waals surface area (Å²) in [5.74, 6) is 1.55. The van der Waals surface area contributed by atoms with Crippen LogP contribution in [-0.4, -0.2) is 31.5 Å². The summed E-state index contributed by atoms with van der Waals surface area (Å²) in [6.45, 7) is 3.37. The van der Waals surface area contributed by atoms with Gasteiger partial charge in [-0.25, -0.2) is 9.97 Å². The number of benzene rings is 2. The molecule has 0 spiro atoms. The Hall–Kier alpha value is -2.25. The maximum atomic E-state index is 11.6. The van der Waals surface area contributed by atoms with Crippen LogP contribution in [0.5, 0.6) is 0 Å². The summed E-state index contributed by atoms with van der Waals surface area (Å²) in [6.07, 6.45) is 3.42. The van der Waals surface area contributed by atoms with E-state index in [1.165, 1.54) is 40.9 Å². The zero-order valence-corrected chi connectivity index (χ0v) is 18.6. The second kappa shape index (κ2) is 7.46. The Morgan fingerprint density at radius 2 is 1.93 bits per heavy atom. The van der Waals surface area contributed by atoms with E-state index >= 15 is 0 Å². The van der Waals surface area contributed by atoms with Gasteiger partial charge in [-0.3, -0.25) is 4.79 Å². The molecule has 3 aromatic rings. The van der Waals surface area contributed by atoms with Crippen molar-refractivity contribution in [2.24, 2.45) is 0 Å². The van der Waals surface area contributed by atoms with Gasteiger partial charge in [0.2, 0.25) is 0 Å². The van der Waals surface area contributed by atoms with Gasteiger partial charge >= 0.3 is 5.97 Å². The minimum Gasteiger partial charge on any atom is -0.480 e. The second-order valence-electron chi connectivity index (χ2n) is 8.29. The van der Waals surface area contributed by atoms with Crippen molar-refractivity contribution < 1.29 is 9.90 Å². The highest BCUT2D eigenvalue weighted by Crippen LogP contribution is 2.45. The number of hydrogen-bond donors (Lipinski definition) is 2. The van der Waals surface area contributed by atoms with E-state index in [0.29, 0.717) is 11.1 Å². The number of nitrogens with one attached hydrogen (secondary N) is 1. The van der Waals surface area contributed by atoms with E-state index in [4.69, 9.17) is 4.98 Å². The molecule has 2 N–H and O–H groups in total. The predicted octanol–water partition coefficient (Wildman–Crippen LogP) is 5.85. The van der Waals surface area contributed by atoms with E-state index in [-0.39, 0.29) is 0 Å². The molecule has 1 aromatic heterocycles. The topological polar surface area (TPSA) is 75.1 Å². The number of nitrogens with zero attached hydrogens (tertiary/aromatic N) is 2. The fourth-order valence-electron chi connectivity index (χ4n) is 3.76. The van der Waals surface area contributed by atoms with Crippen LogP contribution in [0.25, 0.3) is 10.8 Å². The van der Waals surface area contributed by atoms with Gasteiger partial charge in [-0.05, 0) is 49.6 Å². The molecule has 154 valence electrons. The van der Waals surface area contributed by atoms with Gasteiger partial charge in [0.15, 0.2) is 5.16 Å². The number of aromatic nitrogens is 2. The Morgan fingerprint density at radius 1 is 1.17 bits per heavy atom. The number of carbonyl (C=O) groups is 1. The highest BCUT2D eigenvalue weighted by Gasteiger charge is 2.31. The zero-order valence-electron chi connectivity index (χ0n) is 16.9. The van der Waals surface area contributed by atoms with Gasteiger partial charge in [-0.15, -0.1) is 11.8 Å². The number of aliphatic carboxylic acids is 1. The third-order valence-electron chi connectivity index (χ3n) is 5.59. The lowest BCUT2D eigenvalue weighted by Gasteiger charge is -2.19. The molecule has 5 nitrogen and oxygen atoms in total. The third-order valence-corrected chi connectivity index (χ3v) is 7.77. The largest absolute Gasteiger partial charge is 0.480 e. The van der Waals surface area contributed by atoms with E-state index in [2.05, 4.69) is 46.7 Å². The maximum Gasteiger partial charge on any atom is 0.319 e. The van der Waals surface area contributed by atoms with Gasteiger partial charge in [0.05, 0.1) is 10.6 Å². The Balaban J connectivity index is 1.55. The Kier molecular flexibility index (Phi) is 4.90. The molecule has 0 atom stereocenters. The first kappa shape index (κ1) is 19.7. The molecule has 2 heterocycles. The molecule has 1 aliphatic heterocycles. The van der Waals surface area contributed by atoms with Crippen LogP contribution >= 0.6 is 23.5 Å². The molecule has 5 rings (SSSR count). The molecule has 2 aliphatic rings. The molecule has 7 heteroatoms. The quantitative estimate of drug-likeness (QED) is 0.370. The summed E-state index contributed by atoms with van der Waals surface area (Å²) in [7, 11) is 0. The minimum absolute atomic E-state index is 0.505. The first-order chi connectivity index (χ1) is 14.4.